The molecule has 6 aliphatic rings. The molecule has 5 fully saturated rings. The summed E-state index contributed by atoms with van der Waals surface area (Å²) in [6.07, 6.45) is 16.0. The van der Waals surface area contributed by atoms with Gasteiger partial charge in [-0.05, 0) is 131 Å². The van der Waals surface area contributed by atoms with E-state index in [2.05, 4.69) is 54.0 Å². The molecule has 4 bridgehead atoms. The molecule has 1 aromatic carbocycles. The third-order valence-electron chi connectivity index (χ3n) is 14.5. The van der Waals surface area contributed by atoms with Crippen LogP contribution in [-0.4, -0.2) is 79.4 Å². The SMILES string of the molecule is Cc1c(Nc2nc3ccccc3s2)nnc2c1CCCN2c1ccc(-c2cnn(CC34CC5(OCC[NH+]6CCCCCC6)C[C@](C)(C3)C[C@](C)(C4)C5)c2C)c(C(=O)O)n1.[I-]. The zero-order valence-electron chi connectivity index (χ0n) is 35.4. The second-order valence-electron chi connectivity index (χ2n) is 19.6. The Bertz CT molecular complexity index is 2370. The molecule has 4 aromatic heterocycles. The van der Waals surface area contributed by atoms with Crippen molar-refractivity contribution in [1.29, 1.82) is 0 Å². The van der Waals surface area contributed by atoms with Gasteiger partial charge in [0.2, 0.25) is 0 Å². The number of carboxylic acids is 1. The molecule has 5 aromatic rings. The van der Waals surface area contributed by atoms with Gasteiger partial charge in [-0.1, -0.05) is 37.3 Å². The second kappa shape index (κ2) is 15.9. The first kappa shape index (κ1) is 41.6. The first-order chi connectivity index (χ1) is 28.4. The predicted octanol–water partition coefficient (Wildman–Crippen LogP) is 5.09. The van der Waals surface area contributed by atoms with Crippen LogP contribution in [0.15, 0.2) is 42.6 Å². The lowest BCUT2D eigenvalue weighted by molar-refractivity contribution is -0.899. The van der Waals surface area contributed by atoms with Crippen LogP contribution in [-0.2, 0) is 17.7 Å². The van der Waals surface area contributed by atoms with E-state index in [4.69, 9.17) is 19.8 Å². The molecule has 4 atom stereocenters. The number of carboxylic acid groups (broad SMARTS) is 1. The Morgan fingerprint density at radius 1 is 0.917 bits per heavy atom. The van der Waals surface area contributed by atoms with Crippen LogP contribution < -0.4 is 39.1 Å². The van der Waals surface area contributed by atoms with Crippen molar-refractivity contribution in [3.63, 3.8) is 0 Å². The first-order valence-electron chi connectivity index (χ1n) is 21.9. The largest absolute Gasteiger partial charge is 1.00 e. The average Bonchev–Trinajstić information content (AvgIpc) is 3.65. The topological polar surface area (TPSA) is 136 Å². The molecule has 1 saturated heterocycles. The fraction of sp³-hybridized carbons (Fsp3) is 0.565. The van der Waals surface area contributed by atoms with Crippen molar-refractivity contribution in [2.24, 2.45) is 16.2 Å². The number of aromatic nitrogens is 6. The Balaban J connectivity index is 0.00000462. The average molecular weight is 944 g/mol. The highest BCUT2D eigenvalue weighted by atomic mass is 127. The monoisotopic (exact) mass is 943 g/mol. The van der Waals surface area contributed by atoms with E-state index in [-0.39, 0.29) is 51.5 Å². The Morgan fingerprint density at radius 3 is 2.43 bits per heavy atom. The molecule has 4 aliphatic carbocycles. The Morgan fingerprint density at radius 2 is 1.68 bits per heavy atom. The summed E-state index contributed by atoms with van der Waals surface area (Å²) >= 11 is 1.58. The van der Waals surface area contributed by atoms with E-state index in [9.17, 15) is 9.90 Å². The molecule has 2 aliphatic heterocycles. The number of anilines is 4. The van der Waals surface area contributed by atoms with Crippen LogP contribution in [0.3, 0.4) is 0 Å². The van der Waals surface area contributed by atoms with Gasteiger partial charge in [0.05, 0.1) is 41.7 Å². The van der Waals surface area contributed by atoms with Crippen molar-refractivity contribution in [1.82, 2.24) is 29.9 Å². The number of pyridine rings is 1. The molecule has 14 heteroatoms. The summed E-state index contributed by atoms with van der Waals surface area (Å²) in [5.41, 5.74) is 5.94. The smallest absolute Gasteiger partial charge is 0.355 e. The number of fused-ring (bicyclic) bond motifs is 2. The van der Waals surface area contributed by atoms with Crippen LogP contribution in [0.5, 0.6) is 0 Å². The van der Waals surface area contributed by atoms with E-state index in [0.29, 0.717) is 29.6 Å². The molecule has 11 rings (SSSR count). The summed E-state index contributed by atoms with van der Waals surface area (Å²) in [5, 5.41) is 29.0. The standard InChI is InChI=1S/C46H57N9O3S.HI/c1-30-32-12-11-19-54(40(32)52-51-39(30)50-42-48-35-13-7-8-14-36(35)59-42)37-16-15-33(38(49-37)41(56)57)34-22-47-55(31(34)2)29-45-24-43(3)23-44(4,25-45)27-46(26-43,28-45)58-21-20-53-17-9-5-6-10-18-53;/h7-8,13-16,22H,5-6,9-12,17-21,23-29H2,1-4H3,(H,56,57)(H,48,50,51);1H/t43-,44+,45?,46?;. The summed E-state index contributed by atoms with van der Waals surface area (Å²) in [6.45, 7) is 15.2. The number of hydrogen-bond acceptors (Lipinski definition) is 10. The summed E-state index contributed by atoms with van der Waals surface area (Å²) in [4.78, 5) is 26.2. The minimum atomic E-state index is -1.06. The maximum absolute atomic E-state index is 13.0. The number of hydrogen-bond donors (Lipinski definition) is 3. The molecule has 0 radical (unpaired) electrons. The number of halogens is 1. The van der Waals surface area contributed by atoms with Gasteiger partial charge in [-0.3, -0.25) is 4.68 Å². The third kappa shape index (κ3) is 7.72. The molecular formula is C46H58IN9O3S. The number of likely N-dealkylation sites (tertiary alicyclic amines) is 1. The van der Waals surface area contributed by atoms with Crippen LogP contribution >= 0.6 is 11.3 Å². The fourth-order valence-corrected chi connectivity index (χ4v) is 14.0. The molecule has 60 heavy (non-hydrogen) atoms. The molecular weight excluding hydrogens is 886 g/mol. The summed E-state index contributed by atoms with van der Waals surface area (Å²) < 4.78 is 10.4. The van der Waals surface area contributed by atoms with Crippen molar-refractivity contribution in [2.45, 2.75) is 117 Å². The second-order valence-corrected chi connectivity index (χ2v) is 20.7. The maximum Gasteiger partial charge on any atom is 0.355 e. The van der Waals surface area contributed by atoms with Crippen LogP contribution in [0.4, 0.5) is 22.6 Å². The van der Waals surface area contributed by atoms with Gasteiger partial charge in [-0.15, -0.1) is 10.2 Å². The van der Waals surface area contributed by atoms with Crippen LogP contribution in [0.1, 0.15) is 112 Å². The van der Waals surface area contributed by atoms with E-state index < -0.39 is 5.97 Å². The highest BCUT2D eigenvalue weighted by Gasteiger charge is 2.66. The minimum Gasteiger partial charge on any atom is -1.00 e. The highest BCUT2D eigenvalue weighted by Crippen LogP contribution is 2.72. The molecule has 0 amide bonds. The number of thiazole rings is 1. The number of carbonyl (C=O) groups is 1. The quantitative estimate of drug-likeness (QED) is 0.154. The van der Waals surface area contributed by atoms with Gasteiger partial charge in [0.25, 0.3) is 0 Å². The lowest BCUT2D eigenvalue weighted by Crippen LogP contribution is -3.12. The zero-order chi connectivity index (χ0) is 40.6. The Kier molecular flexibility index (Phi) is 11.0. The van der Waals surface area contributed by atoms with Gasteiger partial charge in [0.15, 0.2) is 22.5 Å². The van der Waals surface area contributed by atoms with Crippen LogP contribution in [0.25, 0.3) is 21.3 Å². The van der Waals surface area contributed by atoms with Crippen molar-refractivity contribution in [2.75, 3.05) is 43.0 Å². The van der Waals surface area contributed by atoms with Gasteiger partial charge in [0.1, 0.15) is 12.4 Å². The van der Waals surface area contributed by atoms with Crippen molar-refractivity contribution >= 4 is 50.1 Å². The summed E-state index contributed by atoms with van der Waals surface area (Å²) in [6, 6.07) is 11.9. The molecule has 12 nitrogen and oxygen atoms in total. The van der Waals surface area contributed by atoms with Crippen molar-refractivity contribution in [3.8, 4) is 11.1 Å². The molecule has 6 heterocycles. The number of quaternary nitrogens is 1. The Labute approximate surface area is 373 Å². The number of para-hydroxylation sites is 1. The summed E-state index contributed by atoms with van der Waals surface area (Å²) in [7, 11) is 0. The first-order valence-corrected chi connectivity index (χ1v) is 22.7. The molecule has 2 unspecified atom stereocenters. The third-order valence-corrected chi connectivity index (χ3v) is 15.4. The number of benzene rings is 1. The van der Waals surface area contributed by atoms with Crippen molar-refractivity contribution < 1.29 is 43.5 Å². The highest BCUT2D eigenvalue weighted by molar-refractivity contribution is 7.22. The van der Waals surface area contributed by atoms with Crippen LogP contribution in [0.2, 0.25) is 0 Å². The van der Waals surface area contributed by atoms with E-state index in [1.54, 1.807) is 16.2 Å². The zero-order valence-corrected chi connectivity index (χ0v) is 38.4. The van der Waals surface area contributed by atoms with Gasteiger partial charge in [-0.25, -0.2) is 14.8 Å². The molecule has 3 N–H and O–H groups in total. The fourth-order valence-electron chi connectivity index (χ4n) is 13.2. The van der Waals surface area contributed by atoms with E-state index in [0.717, 1.165) is 89.5 Å². The number of ether oxygens (including phenoxy) is 1. The number of rotatable bonds is 11. The van der Waals surface area contributed by atoms with Crippen molar-refractivity contribution in [3.05, 3.63) is 65.1 Å². The number of nitrogens with one attached hydrogen (secondary N) is 2. The molecule has 4 saturated carbocycles. The van der Waals surface area contributed by atoms with Crippen LogP contribution in [0, 0.1) is 30.1 Å². The number of nitrogens with zero attached hydrogens (tertiary/aromatic N) is 7. The minimum absolute atomic E-state index is 0. The molecule has 318 valence electrons. The van der Waals surface area contributed by atoms with E-state index >= 15 is 0 Å². The number of aromatic carboxylic acids is 1. The molecule has 0 spiro atoms. The van der Waals surface area contributed by atoms with Gasteiger partial charge in [0, 0.05) is 41.0 Å². The normalized spacial score (nSPS) is 27.4. The predicted molar refractivity (Wildman–Crippen MR) is 231 cm³/mol. The lowest BCUT2D eigenvalue weighted by atomic mass is 9.39. The Hall–Kier alpha value is -3.73. The van der Waals surface area contributed by atoms with E-state index in [1.807, 2.05) is 41.4 Å². The van der Waals surface area contributed by atoms with Gasteiger partial charge < -0.3 is 48.9 Å². The van der Waals surface area contributed by atoms with Gasteiger partial charge in [-0.2, -0.15) is 5.10 Å². The lowest BCUT2D eigenvalue weighted by Gasteiger charge is -2.69. The summed E-state index contributed by atoms with van der Waals surface area (Å²) in [5.74, 6) is 0.879. The maximum atomic E-state index is 13.0. The van der Waals surface area contributed by atoms with E-state index in [1.165, 1.54) is 58.0 Å². The van der Waals surface area contributed by atoms with Gasteiger partial charge >= 0.3 is 5.97 Å².